The number of amides is 2. The summed E-state index contributed by atoms with van der Waals surface area (Å²) in [6.45, 7) is 3.33. The third-order valence-corrected chi connectivity index (χ3v) is 7.62. The van der Waals surface area contributed by atoms with Gasteiger partial charge in [0.25, 0.3) is 0 Å². The van der Waals surface area contributed by atoms with Crippen LogP contribution in [-0.2, 0) is 39.3 Å². The maximum absolute atomic E-state index is 13.9. The molecule has 1 saturated carbocycles. The van der Waals surface area contributed by atoms with Crippen molar-refractivity contribution >= 4 is 11.8 Å². The highest BCUT2D eigenvalue weighted by Gasteiger charge is 2.45. The van der Waals surface area contributed by atoms with Gasteiger partial charge in [0.1, 0.15) is 11.6 Å². The number of ether oxygens (including phenoxy) is 2. The molecule has 1 atom stereocenters. The molecule has 34 heavy (non-hydrogen) atoms. The van der Waals surface area contributed by atoms with E-state index in [9.17, 15) is 9.59 Å². The molecule has 1 N–H and O–H groups in total. The standard InChI is InChI=1S/C25H33N5O4/c1-33-20-6-4-19(5-7-20)25(10-2-3-11-25)24(32)29-12-8-21-27-28-22(30(21)14-13-29)16-26-23(31)18-9-15-34-17-18/h4-7,18H,2-3,8-17H2,1H3,(H,26,31)/t18-/m1/s1. The zero-order chi connectivity index (χ0) is 23.5. The zero-order valence-corrected chi connectivity index (χ0v) is 19.8. The molecule has 9 nitrogen and oxygen atoms in total. The molecule has 1 aromatic carbocycles. The van der Waals surface area contributed by atoms with E-state index in [4.69, 9.17) is 9.47 Å². The van der Waals surface area contributed by atoms with Crippen LogP contribution in [0.15, 0.2) is 24.3 Å². The lowest BCUT2D eigenvalue weighted by Gasteiger charge is -2.34. The summed E-state index contributed by atoms with van der Waals surface area (Å²) in [5.74, 6) is 2.54. The van der Waals surface area contributed by atoms with Crippen molar-refractivity contribution in [3.8, 4) is 5.75 Å². The molecule has 2 aliphatic heterocycles. The van der Waals surface area contributed by atoms with E-state index in [1.807, 2.05) is 29.2 Å². The third kappa shape index (κ3) is 4.29. The molecule has 2 fully saturated rings. The fourth-order valence-electron chi connectivity index (χ4n) is 5.59. The molecule has 0 radical (unpaired) electrons. The first kappa shape index (κ1) is 22.8. The number of methoxy groups -OCH3 is 1. The summed E-state index contributed by atoms with van der Waals surface area (Å²) in [4.78, 5) is 28.3. The van der Waals surface area contributed by atoms with Gasteiger partial charge in [0, 0.05) is 32.7 Å². The summed E-state index contributed by atoms with van der Waals surface area (Å²) in [6, 6.07) is 7.99. The Kier molecular flexibility index (Phi) is 6.54. The van der Waals surface area contributed by atoms with Gasteiger partial charge in [-0.3, -0.25) is 9.59 Å². The van der Waals surface area contributed by atoms with Crippen LogP contribution in [0.4, 0.5) is 0 Å². The lowest BCUT2D eigenvalue weighted by atomic mass is 9.77. The second-order valence-corrected chi connectivity index (χ2v) is 9.52. The molecule has 9 heteroatoms. The Balaban J connectivity index is 1.27. The van der Waals surface area contributed by atoms with Crippen molar-refractivity contribution in [2.75, 3.05) is 33.4 Å². The highest BCUT2D eigenvalue weighted by atomic mass is 16.5. The third-order valence-electron chi connectivity index (χ3n) is 7.62. The zero-order valence-electron chi connectivity index (χ0n) is 19.8. The number of aromatic nitrogens is 3. The lowest BCUT2D eigenvalue weighted by Crippen LogP contribution is -2.46. The first-order valence-corrected chi connectivity index (χ1v) is 12.3. The van der Waals surface area contributed by atoms with Crippen molar-refractivity contribution in [1.82, 2.24) is 25.0 Å². The predicted molar refractivity (Wildman–Crippen MR) is 124 cm³/mol. The van der Waals surface area contributed by atoms with Crippen LogP contribution >= 0.6 is 0 Å². The fourth-order valence-corrected chi connectivity index (χ4v) is 5.59. The fraction of sp³-hybridized carbons (Fsp3) is 0.600. The SMILES string of the molecule is COc1ccc(C2(C(=O)N3CCc4nnc(CNC(=O)[C@@H]5CCOC5)n4CC3)CCCC2)cc1. The Bertz CT molecular complexity index is 1020. The molecule has 5 rings (SSSR count). The molecule has 182 valence electrons. The Morgan fingerprint density at radius 1 is 1.15 bits per heavy atom. The van der Waals surface area contributed by atoms with Gasteiger partial charge in [-0.15, -0.1) is 10.2 Å². The molecule has 1 aromatic heterocycles. The molecule has 3 aliphatic rings. The predicted octanol–water partition coefficient (Wildman–Crippen LogP) is 1.84. The molecule has 1 saturated heterocycles. The van der Waals surface area contributed by atoms with Gasteiger partial charge in [-0.05, 0) is 37.0 Å². The molecular weight excluding hydrogens is 434 g/mol. The van der Waals surface area contributed by atoms with Gasteiger partial charge in [0.05, 0.1) is 31.6 Å². The maximum Gasteiger partial charge on any atom is 0.233 e. The van der Waals surface area contributed by atoms with Gasteiger partial charge in [0.15, 0.2) is 5.82 Å². The summed E-state index contributed by atoms with van der Waals surface area (Å²) in [7, 11) is 1.66. The average Bonchev–Trinajstić information content (AvgIpc) is 3.62. The van der Waals surface area contributed by atoms with Crippen molar-refractivity contribution in [2.24, 2.45) is 5.92 Å². The number of hydrogen-bond donors (Lipinski definition) is 1. The monoisotopic (exact) mass is 467 g/mol. The molecule has 0 unspecified atom stereocenters. The van der Waals surface area contributed by atoms with E-state index >= 15 is 0 Å². The lowest BCUT2D eigenvalue weighted by molar-refractivity contribution is -0.137. The van der Waals surface area contributed by atoms with Gasteiger partial charge in [-0.2, -0.15) is 0 Å². The van der Waals surface area contributed by atoms with E-state index in [0.29, 0.717) is 45.8 Å². The molecule has 3 heterocycles. The van der Waals surface area contributed by atoms with Gasteiger partial charge in [-0.1, -0.05) is 25.0 Å². The number of carbonyl (C=O) groups is 2. The molecule has 0 bridgehead atoms. The number of benzene rings is 1. The summed E-state index contributed by atoms with van der Waals surface area (Å²) in [5.41, 5.74) is 0.621. The van der Waals surface area contributed by atoms with Crippen LogP contribution in [0, 0.1) is 5.92 Å². The first-order chi connectivity index (χ1) is 16.6. The second-order valence-electron chi connectivity index (χ2n) is 9.52. The van der Waals surface area contributed by atoms with Crippen LogP contribution in [0.25, 0.3) is 0 Å². The van der Waals surface area contributed by atoms with E-state index in [0.717, 1.165) is 55.1 Å². The number of rotatable bonds is 6. The number of carbonyl (C=O) groups excluding carboxylic acids is 2. The van der Waals surface area contributed by atoms with E-state index in [1.165, 1.54) is 0 Å². The largest absolute Gasteiger partial charge is 0.497 e. The van der Waals surface area contributed by atoms with Crippen LogP contribution in [0.3, 0.4) is 0 Å². The van der Waals surface area contributed by atoms with E-state index in [-0.39, 0.29) is 17.7 Å². The highest BCUT2D eigenvalue weighted by Crippen LogP contribution is 2.43. The van der Waals surface area contributed by atoms with Crippen LogP contribution in [0.5, 0.6) is 5.75 Å². The molecule has 2 amide bonds. The summed E-state index contributed by atoms with van der Waals surface area (Å²) < 4.78 is 12.7. The van der Waals surface area contributed by atoms with Crippen LogP contribution < -0.4 is 10.1 Å². The highest BCUT2D eigenvalue weighted by molar-refractivity contribution is 5.88. The number of nitrogens with zero attached hydrogens (tertiary/aromatic N) is 4. The molecule has 1 aliphatic carbocycles. The average molecular weight is 468 g/mol. The van der Waals surface area contributed by atoms with Crippen LogP contribution in [0.1, 0.15) is 49.3 Å². The van der Waals surface area contributed by atoms with Crippen molar-refractivity contribution in [1.29, 1.82) is 0 Å². The minimum atomic E-state index is -0.461. The summed E-state index contributed by atoms with van der Waals surface area (Å²) >= 11 is 0. The maximum atomic E-state index is 13.9. The van der Waals surface area contributed by atoms with Gasteiger partial charge >= 0.3 is 0 Å². The van der Waals surface area contributed by atoms with Gasteiger partial charge in [-0.25, -0.2) is 0 Å². The van der Waals surface area contributed by atoms with E-state index in [1.54, 1.807) is 7.11 Å². The molecule has 0 spiro atoms. The van der Waals surface area contributed by atoms with Gasteiger partial charge < -0.3 is 24.3 Å². The van der Waals surface area contributed by atoms with E-state index < -0.39 is 5.41 Å². The van der Waals surface area contributed by atoms with Crippen LogP contribution in [-0.4, -0.2) is 64.9 Å². The van der Waals surface area contributed by atoms with E-state index in [2.05, 4.69) is 20.1 Å². The van der Waals surface area contributed by atoms with Crippen molar-refractivity contribution in [3.05, 3.63) is 41.5 Å². The number of fused-ring (bicyclic) bond motifs is 1. The van der Waals surface area contributed by atoms with Crippen LogP contribution in [0.2, 0.25) is 0 Å². The number of hydrogen-bond acceptors (Lipinski definition) is 6. The first-order valence-electron chi connectivity index (χ1n) is 12.3. The summed E-state index contributed by atoms with van der Waals surface area (Å²) in [6.07, 6.45) is 5.30. The normalized spacial score (nSPS) is 21.7. The van der Waals surface area contributed by atoms with Crippen molar-refractivity contribution in [2.45, 2.75) is 57.0 Å². The van der Waals surface area contributed by atoms with Crippen molar-refractivity contribution in [3.63, 3.8) is 0 Å². The Hall–Kier alpha value is -2.94. The smallest absolute Gasteiger partial charge is 0.233 e. The Labute approximate surface area is 199 Å². The number of nitrogens with one attached hydrogen (secondary N) is 1. The Morgan fingerprint density at radius 3 is 2.65 bits per heavy atom. The second kappa shape index (κ2) is 9.74. The van der Waals surface area contributed by atoms with Gasteiger partial charge in [0.2, 0.25) is 11.8 Å². The Morgan fingerprint density at radius 2 is 1.94 bits per heavy atom. The molecule has 2 aromatic rings. The minimum Gasteiger partial charge on any atom is -0.497 e. The quantitative estimate of drug-likeness (QED) is 0.696. The summed E-state index contributed by atoms with van der Waals surface area (Å²) in [5, 5.41) is 11.7. The molecular formula is C25H33N5O4. The van der Waals surface area contributed by atoms with Crippen molar-refractivity contribution < 1.29 is 19.1 Å². The minimum absolute atomic E-state index is 0.00273. The topological polar surface area (TPSA) is 98.6 Å².